The van der Waals surface area contributed by atoms with Gasteiger partial charge in [0.05, 0.1) is 10.9 Å². The van der Waals surface area contributed by atoms with E-state index in [4.69, 9.17) is 0 Å². The standard InChI is InChI=1S/C21H26F2N2O3S2/c1-21(2,3)19(18-5-4-12-29-18)24-20(26)14-8-10-25(11-9-14)30(27,28)15-6-7-16(22)17(23)13-15/h4-7,12-14,19H,8-11H2,1-3H3,(H,24,26)/t19-/m1/s1. The molecule has 2 aromatic rings. The zero-order valence-electron chi connectivity index (χ0n) is 17.2. The molecular weight excluding hydrogens is 430 g/mol. The van der Waals surface area contributed by atoms with E-state index in [0.717, 1.165) is 17.0 Å². The molecule has 164 valence electrons. The van der Waals surface area contributed by atoms with Gasteiger partial charge < -0.3 is 5.32 Å². The molecule has 0 unspecified atom stereocenters. The Kier molecular flexibility index (Phi) is 6.64. The van der Waals surface area contributed by atoms with Crippen molar-refractivity contribution < 1.29 is 22.0 Å². The molecule has 30 heavy (non-hydrogen) atoms. The number of nitrogens with zero attached hydrogens (tertiary/aromatic N) is 1. The van der Waals surface area contributed by atoms with E-state index < -0.39 is 21.7 Å². The van der Waals surface area contributed by atoms with Gasteiger partial charge in [-0.3, -0.25) is 4.79 Å². The molecule has 1 aliphatic heterocycles. The Morgan fingerprint density at radius 3 is 2.37 bits per heavy atom. The second-order valence-electron chi connectivity index (χ2n) is 8.58. The second kappa shape index (κ2) is 8.72. The zero-order valence-corrected chi connectivity index (χ0v) is 18.8. The van der Waals surface area contributed by atoms with Crippen molar-refractivity contribution in [1.29, 1.82) is 0 Å². The molecule has 1 N–H and O–H groups in total. The van der Waals surface area contributed by atoms with E-state index in [1.807, 2.05) is 17.5 Å². The van der Waals surface area contributed by atoms with Gasteiger partial charge in [0.1, 0.15) is 0 Å². The van der Waals surface area contributed by atoms with E-state index in [2.05, 4.69) is 26.1 Å². The highest BCUT2D eigenvalue weighted by Crippen LogP contribution is 2.36. The normalized spacial score (nSPS) is 17.6. The molecule has 0 radical (unpaired) electrons. The third-order valence-corrected chi connectivity index (χ3v) is 8.17. The van der Waals surface area contributed by atoms with Crippen molar-refractivity contribution in [2.75, 3.05) is 13.1 Å². The minimum absolute atomic E-state index is 0.0896. The molecule has 1 saturated heterocycles. The summed E-state index contributed by atoms with van der Waals surface area (Å²) in [4.78, 5) is 13.7. The lowest BCUT2D eigenvalue weighted by Crippen LogP contribution is -2.45. The number of nitrogens with one attached hydrogen (secondary N) is 1. The first-order valence-corrected chi connectivity index (χ1v) is 12.1. The van der Waals surface area contributed by atoms with Crippen LogP contribution in [0.15, 0.2) is 40.6 Å². The Morgan fingerprint density at radius 1 is 1.17 bits per heavy atom. The van der Waals surface area contributed by atoms with Crippen molar-refractivity contribution in [1.82, 2.24) is 9.62 Å². The predicted molar refractivity (Wildman–Crippen MR) is 112 cm³/mol. The fourth-order valence-corrected chi connectivity index (χ4v) is 6.08. The smallest absolute Gasteiger partial charge is 0.243 e. The van der Waals surface area contributed by atoms with Crippen molar-refractivity contribution in [3.8, 4) is 0 Å². The fourth-order valence-electron chi connectivity index (χ4n) is 3.57. The maximum Gasteiger partial charge on any atom is 0.243 e. The quantitative estimate of drug-likeness (QED) is 0.728. The number of carbonyl (C=O) groups is 1. The van der Waals surface area contributed by atoms with E-state index in [9.17, 15) is 22.0 Å². The first kappa shape index (κ1) is 22.8. The minimum Gasteiger partial charge on any atom is -0.348 e. The van der Waals surface area contributed by atoms with Gasteiger partial charge in [-0.05, 0) is 47.9 Å². The summed E-state index contributed by atoms with van der Waals surface area (Å²) in [6.45, 7) is 6.50. The minimum atomic E-state index is -3.94. The van der Waals surface area contributed by atoms with E-state index in [-0.39, 0.29) is 41.3 Å². The highest BCUT2D eigenvalue weighted by molar-refractivity contribution is 7.89. The third-order valence-electron chi connectivity index (χ3n) is 5.33. The molecule has 1 amide bonds. The molecule has 1 aliphatic rings. The summed E-state index contributed by atoms with van der Waals surface area (Å²) in [5, 5.41) is 5.11. The van der Waals surface area contributed by atoms with Crippen molar-refractivity contribution >= 4 is 27.3 Å². The van der Waals surface area contributed by atoms with E-state index >= 15 is 0 Å². The van der Waals surface area contributed by atoms with Crippen LogP contribution >= 0.6 is 11.3 Å². The maximum absolute atomic E-state index is 13.5. The van der Waals surface area contributed by atoms with Crippen LogP contribution < -0.4 is 5.32 Å². The molecule has 1 aromatic heterocycles. The second-order valence-corrected chi connectivity index (χ2v) is 11.5. The number of halogens is 2. The molecule has 1 fully saturated rings. The largest absolute Gasteiger partial charge is 0.348 e. The van der Waals surface area contributed by atoms with Crippen molar-refractivity contribution in [2.45, 2.75) is 44.6 Å². The van der Waals surface area contributed by atoms with Crippen LogP contribution in [0.5, 0.6) is 0 Å². The van der Waals surface area contributed by atoms with Crippen LogP contribution in [0.4, 0.5) is 8.78 Å². The number of benzene rings is 1. The van der Waals surface area contributed by atoms with E-state index in [1.54, 1.807) is 11.3 Å². The SMILES string of the molecule is CC(C)(C)[C@H](NC(=O)C1CCN(S(=O)(=O)c2ccc(F)c(F)c2)CC1)c1cccs1. The monoisotopic (exact) mass is 456 g/mol. The van der Waals surface area contributed by atoms with Crippen LogP contribution in [-0.2, 0) is 14.8 Å². The summed E-state index contributed by atoms with van der Waals surface area (Å²) in [7, 11) is -3.94. The van der Waals surface area contributed by atoms with Crippen LogP contribution in [0.2, 0.25) is 0 Å². The van der Waals surface area contributed by atoms with Gasteiger partial charge in [-0.1, -0.05) is 26.8 Å². The lowest BCUT2D eigenvalue weighted by molar-refractivity contribution is -0.127. The van der Waals surface area contributed by atoms with Gasteiger partial charge in [0.2, 0.25) is 15.9 Å². The van der Waals surface area contributed by atoms with Crippen LogP contribution in [0.1, 0.15) is 44.5 Å². The number of carbonyl (C=O) groups excluding carboxylic acids is 1. The summed E-state index contributed by atoms with van der Waals surface area (Å²) in [6.07, 6.45) is 0.742. The predicted octanol–water partition coefficient (Wildman–Crippen LogP) is 4.33. The molecule has 0 spiro atoms. The van der Waals surface area contributed by atoms with E-state index in [1.165, 1.54) is 4.31 Å². The van der Waals surface area contributed by atoms with Gasteiger partial charge in [-0.25, -0.2) is 17.2 Å². The Bertz CT molecular complexity index is 994. The van der Waals surface area contributed by atoms with Crippen LogP contribution in [0.3, 0.4) is 0 Å². The molecule has 0 bridgehead atoms. The lowest BCUT2D eigenvalue weighted by Gasteiger charge is -2.34. The molecule has 2 heterocycles. The molecule has 9 heteroatoms. The highest BCUT2D eigenvalue weighted by Gasteiger charge is 2.35. The van der Waals surface area contributed by atoms with Gasteiger partial charge in [-0.2, -0.15) is 4.31 Å². The van der Waals surface area contributed by atoms with Crippen molar-refractivity contribution in [3.63, 3.8) is 0 Å². The number of hydrogen-bond donors (Lipinski definition) is 1. The number of amides is 1. The number of rotatable bonds is 5. The summed E-state index contributed by atoms with van der Waals surface area (Å²) in [5.74, 6) is -2.69. The summed E-state index contributed by atoms with van der Waals surface area (Å²) >= 11 is 1.59. The lowest BCUT2D eigenvalue weighted by atomic mass is 9.85. The van der Waals surface area contributed by atoms with Crippen LogP contribution in [0.25, 0.3) is 0 Å². The molecule has 1 atom stereocenters. The number of hydrogen-bond acceptors (Lipinski definition) is 4. The number of piperidine rings is 1. The first-order chi connectivity index (χ1) is 14.0. The van der Waals surface area contributed by atoms with Gasteiger partial charge in [0.25, 0.3) is 0 Å². The molecule has 5 nitrogen and oxygen atoms in total. The Labute approximate surface area is 180 Å². The third kappa shape index (κ3) is 4.90. The van der Waals surface area contributed by atoms with Gasteiger partial charge >= 0.3 is 0 Å². The highest BCUT2D eigenvalue weighted by atomic mass is 32.2. The van der Waals surface area contributed by atoms with Gasteiger partial charge in [0, 0.05) is 23.9 Å². The molecule has 3 rings (SSSR count). The molecule has 0 saturated carbocycles. The Balaban J connectivity index is 1.66. The van der Waals surface area contributed by atoms with Crippen molar-refractivity contribution in [2.24, 2.45) is 11.3 Å². The average Bonchev–Trinajstić information content (AvgIpc) is 3.21. The number of sulfonamides is 1. The van der Waals surface area contributed by atoms with Crippen LogP contribution in [-0.4, -0.2) is 31.7 Å². The van der Waals surface area contributed by atoms with Crippen LogP contribution in [0, 0.1) is 23.0 Å². The molecular formula is C21H26F2N2O3S2. The topological polar surface area (TPSA) is 66.5 Å². The van der Waals surface area contributed by atoms with Crippen molar-refractivity contribution in [3.05, 3.63) is 52.2 Å². The average molecular weight is 457 g/mol. The van der Waals surface area contributed by atoms with Gasteiger partial charge in [0.15, 0.2) is 11.6 Å². The molecule has 0 aliphatic carbocycles. The Morgan fingerprint density at radius 2 is 1.83 bits per heavy atom. The van der Waals surface area contributed by atoms with Gasteiger partial charge in [-0.15, -0.1) is 11.3 Å². The Hall–Kier alpha value is -1.84. The fraction of sp³-hybridized carbons (Fsp3) is 0.476. The molecule has 1 aromatic carbocycles. The zero-order chi connectivity index (χ0) is 22.1. The summed E-state index contributed by atoms with van der Waals surface area (Å²) in [6, 6.07) is 6.37. The first-order valence-electron chi connectivity index (χ1n) is 9.79. The number of thiophene rings is 1. The maximum atomic E-state index is 13.5. The summed E-state index contributed by atoms with van der Waals surface area (Å²) < 4.78 is 53.3. The van der Waals surface area contributed by atoms with E-state index in [0.29, 0.717) is 18.9 Å². The summed E-state index contributed by atoms with van der Waals surface area (Å²) in [5.41, 5.74) is -0.169.